The number of rotatable bonds is 4. The number of imidazole rings is 1. The third kappa shape index (κ3) is 3.83. The van der Waals surface area contributed by atoms with Crippen LogP contribution in [-0.2, 0) is 11.2 Å². The van der Waals surface area contributed by atoms with Crippen LogP contribution in [-0.4, -0.2) is 20.5 Å². The van der Waals surface area contributed by atoms with Crippen molar-refractivity contribution in [3.8, 4) is 10.6 Å². The lowest BCUT2D eigenvalue weighted by molar-refractivity contribution is -0.115. The molecular weight excluding hydrogens is 403 g/mol. The van der Waals surface area contributed by atoms with Gasteiger partial charge in [0.1, 0.15) is 15.7 Å². The third-order valence-electron chi connectivity index (χ3n) is 4.03. The van der Waals surface area contributed by atoms with Crippen molar-refractivity contribution in [1.29, 1.82) is 0 Å². The first-order chi connectivity index (χ1) is 13.0. The van der Waals surface area contributed by atoms with Crippen LogP contribution in [0.5, 0.6) is 0 Å². The van der Waals surface area contributed by atoms with Crippen LogP contribution in [0.15, 0.2) is 48.7 Å². The van der Waals surface area contributed by atoms with Gasteiger partial charge >= 0.3 is 0 Å². The Bertz CT molecular complexity index is 1130. The number of hydrogen-bond donors (Lipinski definition) is 1. The van der Waals surface area contributed by atoms with E-state index in [1.807, 2.05) is 41.9 Å². The molecule has 1 N–H and O–H groups in total. The number of carbonyl (C=O) groups excluding carboxylic acids is 1. The number of benzene rings is 2. The zero-order chi connectivity index (χ0) is 19.0. The van der Waals surface area contributed by atoms with E-state index in [-0.39, 0.29) is 12.3 Å². The predicted octanol–water partition coefficient (Wildman–Crippen LogP) is 5.25. The highest BCUT2D eigenvalue weighted by atomic mass is 35.5. The van der Waals surface area contributed by atoms with Crippen LogP contribution in [0.1, 0.15) is 11.4 Å². The average molecular weight is 417 g/mol. The first-order valence-corrected chi connectivity index (χ1v) is 9.72. The molecule has 2 aromatic carbocycles. The fraction of sp³-hybridized carbons (Fsp3) is 0.105. The van der Waals surface area contributed by atoms with Crippen molar-refractivity contribution >= 4 is 51.0 Å². The second-order valence-corrected chi connectivity index (χ2v) is 7.84. The number of nitrogens with one attached hydrogen (secondary N) is 1. The van der Waals surface area contributed by atoms with Gasteiger partial charge in [-0.05, 0) is 48.9 Å². The predicted molar refractivity (Wildman–Crippen MR) is 110 cm³/mol. The second kappa shape index (κ2) is 7.31. The zero-order valence-corrected chi connectivity index (χ0v) is 16.6. The lowest BCUT2D eigenvalue weighted by Crippen LogP contribution is -2.14. The summed E-state index contributed by atoms with van der Waals surface area (Å²) in [6.07, 6.45) is 2.04. The van der Waals surface area contributed by atoms with E-state index in [0.717, 1.165) is 32.5 Å². The summed E-state index contributed by atoms with van der Waals surface area (Å²) in [7, 11) is 0. The molecule has 1 amide bonds. The third-order valence-corrected chi connectivity index (χ3v) is 5.77. The molecule has 5 nitrogen and oxygen atoms in total. The van der Waals surface area contributed by atoms with Gasteiger partial charge in [-0.1, -0.05) is 40.6 Å². The number of fused-ring (bicyclic) bond motifs is 1. The molecular formula is C19H14Cl2N4OS. The number of aryl methyl sites for hydroxylation is 1. The molecule has 0 atom stereocenters. The van der Waals surface area contributed by atoms with E-state index in [1.165, 1.54) is 0 Å². The second-order valence-electron chi connectivity index (χ2n) is 6.01. The molecule has 2 heterocycles. The molecule has 0 radical (unpaired) electrons. The Kier molecular flexibility index (Phi) is 4.86. The van der Waals surface area contributed by atoms with Crippen LogP contribution in [0.25, 0.3) is 15.4 Å². The smallest absolute Gasteiger partial charge is 0.228 e. The number of nitrogens with zero attached hydrogens (tertiary/aromatic N) is 3. The number of halogens is 2. The summed E-state index contributed by atoms with van der Waals surface area (Å²) >= 11 is 13.5. The van der Waals surface area contributed by atoms with Crippen LogP contribution >= 0.6 is 34.5 Å². The molecule has 0 spiro atoms. The van der Waals surface area contributed by atoms with Crippen LogP contribution in [0.2, 0.25) is 10.0 Å². The maximum Gasteiger partial charge on any atom is 0.228 e. The van der Waals surface area contributed by atoms with Gasteiger partial charge in [0, 0.05) is 11.3 Å². The van der Waals surface area contributed by atoms with Crippen molar-refractivity contribution in [3.63, 3.8) is 0 Å². The summed E-state index contributed by atoms with van der Waals surface area (Å²) in [5, 5.41) is 9.28. The lowest BCUT2D eigenvalue weighted by atomic mass is 10.1. The molecule has 2 aromatic heterocycles. The maximum absolute atomic E-state index is 12.2. The van der Waals surface area contributed by atoms with Gasteiger partial charge in [-0.2, -0.15) is 5.10 Å². The van der Waals surface area contributed by atoms with Gasteiger partial charge < -0.3 is 5.32 Å². The summed E-state index contributed by atoms with van der Waals surface area (Å²) in [5.41, 5.74) is 2.52. The van der Waals surface area contributed by atoms with E-state index >= 15 is 0 Å². The molecule has 0 saturated carbocycles. The summed E-state index contributed by atoms with van der Waals surface area (Å²) in [6, 6.07) is 12.8. The SMILES string of the molecule is Cc1ncc2sc(-c3ccc(NC(=O)Cc4ccc(Cl)c(Cl)c4)cc3)nn12. The summed E-state index contributed by atoms with van der Waals surface area (Å²) in [6.45, 7) is 1.92. The molecule has 0 aliphatic carbocycles. The molecule has 4 rings (SSSR count). The molecule has 4 aromatic rings. The van der Waals surface area contributed by atoms with Gasteiger partial charge in [-0.3, -0.25) is 4.79 Å². The minimum Gasteiger partial charge on any atom is -0.326 e. The number of amides is 1. The summed E-state index contributed by atoms with van der Waals surface area (Å²) in [5.74, 6) is 0.741. The van der Waals surface area contributed by atoms with Gasteiger partial charge in [0.25, 0.3) is 0 Å². The Balaban J connectivity index is 1.45. The lowest BCUT2D eigenvalue weighted by Gasteiger charge is -2.07. The number of hydrogen-bond acceptors (Lipinski definition) is 4. The van der Waals surface area contributed by atoms with E-state index in [1.54, 1.807) is 29.5 Å². The van der Waals surface area contributed by atoms with E-state index in [9.17, 15) is 4.79 Å². The van der Waals surface area contributed by atoms with Crippen LogP contribution in [0.4, 0.5) is 5.69 Å². The molecule has 0 fully saturated rings. The molecule has 0 aliphatic rings. The van der Waals surface area contributed by atoms with E-state index in [0.29, 0.717) is 10.0 Å². The van der Waals surface area contributed by atoms with Crippen molar-refractivity contribution in [1.82, 2.24) is 14.6 Å². The molecule has 0 aliphatic heterocycles. The topological polar surface area (TPSA) is 59.3 Å². The maximum atomic E-state index is 12.2. The zero-order valence-electron chi connectivity index (χ0n) is 14.2. The Hall–Kier alpha value is -2.41. The Labute approximate surface area is 169 Å². The highest BCUT2D eigenvalue weighted by Crippen LogP contribution is 2.27. The monoisotopic (exact) mass is 416 g/mol. The van der Waals surface area contributed by atoms with E-state index in [4.69, 9.17) is 23.2 Å². The van der Waals surface area contributed by atoms with Crippen molar-refractivity contribution in [2.45, 2.75) is 13.3 Å². The Morgan fingerprint density at radius 2 is 1.93 bits per heavy atom. The molecule has 8 heteroatoms. The van der Waals surface area contributed by atoms with Gasteiger partial charge in [0.15, 0.2) is 0 Å². The van der Waals surface area contributed by atoms with Gasteiger partial charge in [0.2, 0.25) is 5.91 Å². The van der Waals surface area contributed by atoms with Gasteiger partial charge in [-0.25, -0.2) is 9.50 Å². The normalized spacial score (nSPS) is 11.1. The highest BCUT2D eigenvalue weighted by molar-refractivity contribution is 7.20. The molecule has 0 bridgehead atoms. The van der Waals surface area contributed by atoms with Crippen molar-refractivity contribution in [2.75, 3.05) is 5.32 Å². The van der Waals surface area contributed by atoms with Crippen LogP contribution in [0.3, 0.4) is 0 Å². The molecule has 136 valence electrons. The first kappa shape index (κ1) is 18.0. The largest absolute Gasteiger partial charge is 0.326 e. The van der Waals surface area contributed by atoms with Crippen molar-refractivity contribution < 1.29 is 4.79 Å². The summed E-state index contributed by atoms with van der Waals surface area (Å²) < 4.78 is 1.83. The number of carbonyl (C=O) groups is 1. The molecule has 0 saturated heterocycles. The van der Waals surface area contributed by atoms with E-state index < -0.39 is 0 Å². The fourth-order valence-electron chi connectivity index (χ4n) is 2.67. The average Bonchev–Trinajstić information content (AvgIpc) is 3.21. The van der Waals surface area contributed by atoms with Crippen LogP contribution in [0, 0.1) is 6.92 Å². The van der Waals surface area contributed by atoms with Crippen molar-refractivity contribution in [2.24, 2.45) is 0 Å². The van der Waals surface area contributed by atoms with Gasteiger partial charge in [-0.15, -0.1) is 0 Å². The van der Waals surface area contributed by atoms with Crippen molar-refractivity contribution in [3.05, 3.63) is 70.1 Å². The standard InChI is InChI=1S/C19H14Cl2N4OS/c1-11-22-10-18-25(11)24-19(27-18)13-3-5-14(6-4-13)23-17(26)9-12-2-7-15(20)16(21)8-12/h2-8,10H,9H2,1H3,(H,23,26). The van der Waals surface area contributed by atoms with Crippen LogP contribution < -0.4 is 5.32 Å². The first-order valence-electron chi connectivity index (χ1n) is 8.15. The minimum atomic E-state index is -0.119. The molecule has 0 unspecified atom stereocenters. The number of anilines is 1. The Morgan fingerprint density at radius 1 is 1.15 bits per heavy atom. The number of aromatic nitrogens is 3. The fourth-order valence-corrected chi connectivity index (χ4v) is 3.93. The van der Waals surface area contributed by atoms with E-state index in [2.05, 4.69) is 15.4 Å². The summed E-state index contributed by atoms with van der Waals surface area (Å²) in [4.78, 5) is 17.5. The molecule has 27 heavy (non-hydrogen) atoms. The quantitative estimate of drug-likeness (QED) is 0.493. The minimum absolute atomic E-state index is 0.119. The van der Waals surface area contributed by atoms with Gasteiger partial charge in [0.05, 0.1) is 22.7 Å². The Morgan fingerprint density at radius 3 is 2.63 bits per heavy atom. The highest BCUT2D eigenvalue weighted by Gasteiger charge is 2.10.